The van der Waals surface area contributed by atoms with Crippen molar-refractivity contribution in [3.63, 3.8) is 0 Å². The van der Waals surface area contributed by atoms with Gasteiger partial charge in [-0.2, -0.15) is 0 Å². The lowest BCUT2D eigenvalue weighted by Gasteiger charge is -2.47. The molecule has 0 saturated carbocycles. The minimum Gasteiger partial charge on any atom is -0.481 e. The molecule has 0 atom stereocenters. The van der Waals surface area contributed by atoms with Crippen molar-refractivity contribution in [2.75, 3.05) is 38.3 Å². The third-order valence-corrected chi connectivity index (χ3v) is 5.54. The standard InChI is InChI=1S/C21H22FN3O4/c1-28-18-12-15(6-9-23-18)20(27)24-10-7-21(8-11-24)14-25(19(26)13-29-21)17-4-2-16(22)3-5-17/h2-6,9,12H,7-8,10-11,13-14H2,1H3. The number of halogens is 1. The molecule has 1 aromatic heterocycles. The number of nitrogens with zero attached hydrogens (tertiary/aromatic N) is 3. The maximum Gasteiger partial charge on any atom is 0.254 e. The molecule has 29 heavy (non-hydrogen) atoms. The number of carbonyl (C=O) groups excluding carboxylic acids is 2. The Morgan fingerprint density at radius 2 is 1.93 bits per heavy atom. The van der Waals surface area contributed by atoms with E-state index in [0.717, 1.165) is 0 Å². The number of ether oxygens (including phenoxy) is 2. The van der Waals surface area contributed by atoms with Gasteiger partial charge in [0, 0.05) is 36.6 Å². The number of carbonyl (C=O) groups is 2. The molecule has 2 aliphatic heterocycles. The van der Waals surface area contributed by atoms with Gasteiger partial charge in [-0.3, -0.25) is 9.59 Å². The second kappa shape index (κ2) is 7.79. The van der Waals surface area contributed by atoms with Crippen LogP contribution in [0.3, 0.4) is 0 Å². The van der Waals surface area contributed by atoms with Gasteiger partial charge in [0.15, 0.2) is 0 Å². The summed E-state index contributed by atoms with van der Waals surface area (Å²) in [5, 5.41) is 0. The molecule has 0 bridgehead atoms. The molecule has 152 valence electrons. The van der Waals surface area contributed by atoms with Gasteiger partial charge in [0.25, 0.3) is 11.8 Å². The van der Waals surface area contributed by atoms with Crippen molar-refractivity contribution in [2.45, 2.75) is 18.4 Å². The molecular weight excluding hydrogens is 377 g/mol. The van der Waals surface area contributed by atoms with Gasteiger partial charge >= 0.3 is 0 Å². The maximum atomic E-state index is 13.2. The lowest BCUT2D eigenvalue weighted by atomic mass is 9.88. The number of pyridine rings is 1. The molecule has 0 radical (unpaired) electrons. The highest BCUT2D eigenvalue weighted by Crippen LogP contribution is 2.33. The van der Waals surface area contributed by atoms with Gasteiger partial charge in [-0.05, 0) is 43.2 Å². The van der Waals surface area contributed by atoms with Gasteiger partial charge in [-0.15, -0.1) is 0 Å². The Labute approximate surface area is 168 Å². The zero-order chi connectivity index (χ0) is 20.4. The number of hydrogen-bond donors (Lipinski definition) is 0. The summed E-state index contributed by atoms with van der Waals surface area (Å²) < 4.78 is 24.3. The van der Waals surface area contributed by atoms with E-state index in [2.05, 4.69) is 4.98 Å². The summed E-state index contributed by atoms with van der Waals surface area (Å²) in [7, 11) is 1.51. The number of hydrogen-bond acceptors (Lipinski definition) is 5. The van der Waals surface area contributed by atoms with Crippen LogP contribution in [-0.4, -0.2) is 60.7 Å². The largest absolute Gasteiger partial charge is 0.481 e. The van der Waals surface area contributed by atoms with E-state index in [0.29, 0.717) is 49.6 Å². The summed E-state index contributed by atoms with van der Waals surface area (Å²) in [4.78, 5) is 32.6. The predicted octanol–water partition coefficient (Wildman–Crippen LogP) is 2.27. The number of amides is 2. The minimum atomic E-state index is -0.505. The second-order valence-corrected chi connectivity index (χ2v) is 7.31. The number of methoxy groups -OCH3 is 1. The molecule has 0 aliphatic carbocycles. The van der Waals surface area contributed by atoms with Crippen molar-refractivity contribution in [3.8, 4) is 5.88 Å². The Morgan fingerprint density at radius 1 is 1.21 bits per heavy atom. The highest BCUT2D eigenvalue weighted by atomic mass is 19.1. The van der Waals surface area contributed by atoms with Crippen molar-refractivity contribution in [3.05, 3.63) is 54.0 Å². The van der Waals surface area contributed by atoms with Gasteiger partial charge < -0.3 is 19.3 Å². The molecule has 2 amide bonds. The van der Waals surface area contributed by atoms with E-state index in [1.54, 1.807) is 40.3 Å². The summed E-state index contributed by atoms with van der Waals surface area (Å²) in [5.74, 6) is -0.176. The molecule has 4 rings (SSSR count). The highest BCUT2D eigenvalue weighted by Gasteiger charge is 2.43. The van der Waals surface area contributed by atoms with Crippen LogP contribution >= 0.6 is 0 Å². The molecule has 0 unspecified atom stereocenters. The van der Waals surface area contributed by atoms with Gasteiger partial charge in [0.1, 0.15) is 12.4 Å². The minimum absolute atomic E-state index is 0.0210. The molecule has 8 heteroatoms. The third kappa shape index (κ3) is 3.93. The zero-order valence-corrected chi connectivity index (χ0v) is 16.1. The number of anilines is 1. The molecule has 2 aliphatic rings. The lowest BCUT2D eigenvalue weighted by molar-refractivity contribution is -0.143. The molecule has 2 fully saturated rings. The van der Waals surface area contributed by atoms with E-state index in [-0.39, 0.29) is 24.2 Å². The molecular formula is C21H22FN3O4. The van der Waals surface area contributed by atoms with Gasteiger partial charge in [0.05, 0.1) is 19.3 Å². The van der Waals surface area contributed by atoms with E-state index in [1.165, 1.54) is 19.2 Å². The molecule has 0 N–H and O–H groups in total. The van der Waals surface area contributed by atoms with Crippen molar-refractivity contribution < 1.29 is 23.5 Å². The SMILES string of the molecule is COc1cc(C(=O)N2CCC3(CC2)CN(c2ccc(F)cc2)C(=O)CO3)ccn1. The predicted molar refractivity (Wildman–Crippen MR) is 103 cm³/mol. The van der Waals surface area contributed by atoms with E-state index in [4.69, 9.17) is 9.47 Å². The van der Waals surface area contributed by atoms with Crippen LogP contribution in [0.1, 0.15) is 23.2 Å². The number of aromatic nitrogens is 1. The van der Waals surface area contributed by atoms with Crippen molar-refractivity contribution in [2.24, 2.45) is 0 Å². The topological polar surface area (TPSA) is 72.0 Å². The molecule has 1 aromatic carbocycles. The Hall–Kier alpha value is -3.00. The summed E-state index contributed by atoms with van der Waals surface area (Å²) >= 11 is 0. The Morgan fingerprint density at radius 3 is 2.62 bits per heavy atom. The summed E-state index contributed by atoms with van der Waals surface area (Å²) in [6.07, 6.45) is 2.78. The van der Waals surface area contributed by atoms with Crippen molar-refractivity contribution >= 4 is 17.5 Å². The highest BCUT2D eigenvalue weighted by molar-refractivity contribution is 5.95. The number of benzene rings is 1. The zero-order valence-electron chi connectivity index (χ0n) is 16.1. The summed E-state index contributed by atoms with van der Waals surface area (Å²) in [5.41, 5.74) is 0.677. The van der Waals surface area contributed by atoms with Crippen LogP contribution in [0.25, 0.3) is 0 Å². The lowest BCUT2D eigenvalue weighted by Crippen LogP contribution is -2.59. The van der Waals surface area contributed by atoms with E-state index in [9.17, 15) is 14.0 Å². The number of piperidine rings is 1. The molecule has 3 heterocycles. The maximum absolute atomic E-state index is 13.2. The number of likely N-dealkylation sites (tertiary alicyclic amines) is 1. The van der Waals surface area contributed by atoms with Gasteiger partial charge in [-0.1, -0.05) is 0 Å². The van der Waals surface area contributed by atoms with Crippen LogP contribution < -0.4 is 9.64 Å². The van der Waals surface area contributed by atoms with E-state index in [1.807, 2.05) is 0 Å². The van der Waals surface area contributed by atoms with Crippen molar-refractivity contribution in [1.29, 1.82) is 0 Å². The van der Waals surface area contributed by atoms with Gasteiger partial charge in [0.2, 0.25) is 5.88 Å². The Bertz CT molecular complexity index is 910. The fourth-order valence-corrected chi connectivity index (χ4v) is 3.83. The second-order valence-electron chi connectivity index (χ2n) is 7.31. The first-order valence-corrected chi connectivity index (χ1v) is 9.49. The fraction of sp³-hybridized carbons (Fsp3) is 0.381. The first-order chi connectivity index (χ1) is 14.0. The van der Waals surface area contributed by atoms with E-state index < -0.39 is 5.60 Å². The molecule has 2 aromatic rings. The van der Waals surface area contributed by atoms with Crippen molar-refractivity contribution in [1.82, 2.24) is 9.88 Å². The Kier molecular flexibility index (Phi) is 5.19. The van der Waals surface area contributed by atoms with Crippen LogP contribution in [0.5, 0.6) is 5.88 Å². The molecule has 7 nitrogen and oxygen atoms in total. The van der Waals surface area contributed by atoms with E-state index >= 15 is 0 Å². The van der Waals surface area contributed by atoms with Crippen LogP contribution in [0, 0.1) is 5.82 Å². The van der Waals surface area contributed by atoms with Crippen LogP contribution in [0.2, 0.25) is 0 Å². The summed E-state index contributed by atoms with van der Waals surface area (Å²) in [6, 6.07) is 9.17. The molecule has 2 saturated heterocycles. The van der Waals surface area contributed by atoms with Crippen LogP contribution in [-0.2, 0) is 9.53 Å². The average molecular weight is 399 g/mol. The number of morpholine rings is 1. The average Bonchev–Trinajstić information content (AvgIpc) is 2.76. The Balaban J connectivity index is 1.44. The monoisotopic (exact) mass is 399 g/mol. The van der Waals surface area contributed by atoms with Crippen LogP contribution in [0.4, 0.5) is 10.1 Å². The molecule has 1 spiro atoms. The first-order valence-electron chi connectivity index (χ1n) is 9.49. The van der Waals surface area contributed by atoms with Gasteiger partial charge in [-0.25, -0.2) is 9.37 Å². The normalized spacial score (nSPS) is 18.8. The smallest absolute Gasteiger partial charge is 0.254 e. The summed E-state index contributed by atoms with van der Waals surface area (Å²) in [6.45, 7) is 1.42. The number of rotatable bonds is 3. The van der Waals surface area contributed by atoms with Crippen LogP contribution in [0.15, 0.2) is 42.6 Å². The fourth-order valence-electron chi connectivity index (χ4n) is 3.83. The third-order valence-electron chi connectivity index (χ3n) is 5.54. The quantitative estimate of drug-likeness (QED) is 0.792. The first kappa shape index (κ1) is 19.3.